The van der Waals surface area contributed by atoms with Crippen LogP contribution in [0.25, 0.3) is 0 Å². The lowest BCUT2D eigenvalue weighted by Crippen LogP contribution is -2.55. The molecule has 1 amide bonds. The van der Waals surface area contributed by atoms with Crippen LogP contribution in [0, 0.1) is 5.92 Å². The molecular formula is C10H20F3N3O. The van der Waals surface area contributed by atoms with Crippen LogP contribution in [0.15, 0.2) is 0 Å². The van der Waals surface area contributed by atoms with Crippen molar-refractivity contribution >= 4 is 5.91 Å². The molecule has 0 radical (unpaired) electrons. The summed E-state index contributed by atoms with van der Waals surface area (Å²) in [6.07, 6.45) is -4.40. The van der Waals surface area contributed by atoms with E-state index >= 15 is 0 Å². The lowest BCUT2D eigenvalue weighted by Gasteiger charge is -2.33. The fourth-order valence-corrected chi connectivity index (χ4v) is 1.82. The molecule has 0 aromatic carbocycles. The number of hydrogen-bond acceptors (Lipinski definition) is 3. The summed E-state index contributed by atoms with van der Waals surface area (Å²) < 4.78 is 38.2. The summed E-state index contributed by atoms with van der Waals surface area (Å²) in [5.41, 5.74) is 5.35. The van der Waals surface area contributed by atoms with E-state index in [1.54, 1.807) is 6.92 Å². The molecule has 0 aliphatic heterocycles. The Balaban J connectivity index is 4.65. The zero-order valence-corrected chi connectivity index (χ0v) is 10.5. The summed E-state index contributed by atoms with van der Waals surface area (Å²) in [6.45, 7) is 2.88. The van der Waals surface area contributed by atoms with Gasteiger partial charge in [0.25, 0.3) is 0 Å². The molecule has 0 bridgehead atoms. The molecule has 4 nitrogen and oxygen atoms in total. The topological polar surface area (TPSA) is 58.4 Å². The van der Waals surface area contributed by atoms with Gasteiger partial charge in [-0.25, -0.2) is 0 Å². The Bertz CT molecular complexity index is 256. The van der Waals surface area contributed by atoms with Gasteiger partial charge in [0.2, 0.25) is 5.91 Å². The summed E-state index contributed by atoms with van der Waals surface area (Å²) in [5.74, 6) is -0.809. The molecule has 0 spiro atoms. The van der Waals surface area contributed by atoms with Crippen molar-refractivity contribution in [3.63, 3.8) is 0 Å². The van der Waals surface area contributed by atoms with Crippen molar-refractivity contribution in [3.8, 4) is 0 Å². The minimum Gasteiger partial charge on any atom is -0.359 e. The summed E-state index contributed by atoms with van der Waals surface area (Å²) >= 11 is 0. The monoisotopic (exact) mass is 255 g/mol. The first-order valence-corrected chi connectivity index (χ1v) is 5.35. The van der Waals surface area contributed by atoms with Gasteiger partial charge in [0.05, 0.1) is 0 Å². The number of carbonyl (C=O) groups is 1. The average Bonchev–Trinajstić information content (AvgIpc) is 2.12. The van der Waals surface area contributed by atoms with Crippen molar-refractivity contribution in [1.82, 2.24) is 10.2 Å². The molecule has 0 aliphatic rings. The fraction of sp³-hybridized carbons (Fsp3) is 0.900. The quantitative estimate of drug-likeness (QED) is 0.755. The first-order chi connectivity index (χ1) is 7.61. The molecule has 7 heteroatoms. The zero-order valence-electron chi connectivity index (χ0n) is 10.5. The van der Waals surface area contributed by atoms with Crippen molar-refractivity contribution in [2.75, 3.05) is 20.6 Å². The van der Waals surface area contributed by atoms with E-state index in [0.29, 0.717) is 0 Å². The summed E-state index contributed by atoms with van der Waals surface area (Å²) in [6, 6.07) is -2.79. The van der Waals surface area contributed by atoms with Crippen LogP contribution in [0.5, 0.6) is 0 Å². The molecule has 17 heavy (non-hydrogen) atoms. The standard InChI is InChI=1S/C10H20F3N3O/c1-6(9(17)15-3)5-16(4)8(7(2)14)10(11,12)13/h6-8H,5,14H2,1-4H3,(H,15,17). The maximum Gasteiger partial charge on any atom is 0.405 e. The number of amides is 1. The van der Waals surface area contributed by atoms with Crippen LogP contribution in [0.3, 0.4) is 0 Å². The third-order valence-electron chi connectivity index (χ3n) is 2.56. The van der Waals surface area contributed by atoms with Gasteiger partial charge in [-0.15, -0.1) is 0 Å². The number of alkyl halides is 3. The predicted octanol–water partition coefficient (Wildman–Crippen LogP) is 0.578. The van der Waals surface area contributed by atoms with Crippen molar-refractivity contribution < 1.29 is 18.0 Å². The Morgan fingerprint density at radius 3 is 2.18 bits per heavy atom. The summed E-state index contributed by atoms with van der Waals surface area (Å²) in [4.78, 5) is 12.3. The number of rotatable bonds is 5. The van der Waals surface area contributed by atoms with Crippen LogP contribution >= 0.6 is 0 Å². The molecule has 102 valence electrons. The van der Waals surface area contributed by atoms with Crippen molar-refractivity contribution in [2.45, 2.75) is 32.1 Å². The van der Waals surface area contributed by atoms with Gasteiger partial charge in [0.1, 0.15) is 6.04 Å². The maximum atomic E-state index is 12.7. The highest BCUT2D eigenvalue weighted by Gasteiger charge is 2.44. The highest BCUT2D eigenvalue weighted by molar-refractivity contribution is 5.78. The van der Waals surface area contributed by atoms with Crippen LogP contribution < -0.4 is 11.1 Å². The largest absolute Gasteiger partial charge is 0.405 e. The van der Waals surface area contributed by atoms with E-state index in [9.17, 15) is 18.0 Å². The molecule has 3 N–H and O–H groups in total. The molecule has 0 rings (SSSR count). The average molecular weight is 255 g/mol. The van der Waals surface area contributed by atoms with E-state index in [2.05, 4.69) is 5.32 Å². The molecular weight excluding hydrogens is 235 g/mol. The number of nitrogens with zero attached hydrogens (tertiary/aromatic N) is 1. The molecule has 3 unspecified atom stereocenters. The lowest BCUT2D eigenvalue weighted by atomic mass is 10.1. The molecule has 0 heterocycles. The van der Waals surface area contributed by atoms with Crippen molar-refractivity contribution in [3.05, 3.63) is 0 Å². The van der Waals surface area contributed by atoms with Gasteiger partial charge in [0, 0.05) is 25.6 Å². The molecule has 0 aliphatic carbocycles. The molecule has 0 fully saturated rings. The SMILES string of the molecule is CNC(=O)C(C)CN(C)C(C(C)N)C(F)(F)F. The smallest absolute Gasteiger partial charge is 0.359 e. The minimum absolute atomic E-state index is 0.00535. The van der Waals surface area contributed by atoms with Gasteiger partial charge in [-0.2, -0.15) is 13.2 Å². The van der Waals surface area contributed by atoms with Crippen molar-refractivity contribution in [1.29, 1.82) is 0 Å². The molecule has 0 saturated heterocycles. The van der Waals surface area contributed by atoms with Gasteiger partial charge < -0.3 is 11.1 Å². The molecule has 3 atom stereocenters. The highest BCUT2D eigenvalue weighted by Crippen LogP contribution is 2.26. The van der Waals surface area contributed by atoms with E-state index in [4.69, 9.17) is 5.73 Å². The van der Waals surface area contributed by atoms with Gasteiger partial charge in [-0.1, -0.05) is 6.92 Å². The van der Waals surface area contributed by atoms with Crippen LogP contribution in [0.1, 0.15) is 13.8 Å². The summed E-state index contributed by atoms with van der Waals surface area (Å²) in [5, 5.41) is 2.40. The van der Waals surface area contributed by atoms with E-state index in [0.717, 1.165) is 4.90 Å². The minimum atomic E-state index is -4.40. The Kier molecular flexibility index (Phi) is 5.91. The van der Waals surface area contributed by atoms with Crippen LogP contribution in [-0.2, 0) is 4.79 Å². The second kappa shape index (κ2) is 6.20. The second-order valence-electron chi connectivity index (χ2n) is 4.30. The number of hydrogen-bond donors (Lipinski definition) is 2. The normalized spacial score (nSPS) is 17.7. The lowest BCUT2D eigenvalue weighted by molar-refractivity contribution is -0.186. The number of carbonyl (C=O) groups excluding carboxylic acids is 1. The van der Waals surface area contributed by atoms with Gasteiger partial charge >= 0.3 is 6.18 Å². The van der Waals surface area contributed by atoms with Gasteiger partial charge in [0.15, 0.2) is 0 Å². The maximum absolute atomic E-state index is 12.7. The Morgan fingerprint density at radius 2 is 1.88 bits per heavy atom. The van der Waals surface area contributed by atoms with Gasteiger partial charge in [-0.3, -0.25) is 9.69 Å². The number of nitrogens with two attached hydrogens (primary N) is 1. The first kappa shape index (κ1) is 16.2. The Labute approximate surface area is 99.3 Å². The number of nitrogens with one attached hydrogen (secondary N) is 1. The number of likely N-dealkylation sites (N-methyl/N-ethyl adjacent to an activating group) is 1. The van der Waals surface area contributed by atoms with Crippen LogP contribution in [0.4, 0.5) is 13.2 Å². The second-order valence-corrected chi connectivity index (χ2v) is 4.30. The van der Waals surface area contributed by atoms with Crippen LogP contribution in [0.2, 0.25) is 0 Å². The highest BCUT2D eigenvalue weighted by atomic mass is 19.4. The predicted molar refractivity (Wildman–Crippen MR) is 59.4 cm³/mol. The third kappa shape index (κ3) is 4.91. The van der Waals surface area contributed by atoms with Crippen LogP contribution in [-0.4, -0.2) is 49.7 Å². The third-order valence-corrected chi connectivity index (χ3v) is 2.56. The van der Waals surface area contributed by atoms with E-state index in [-0.39, 0.29) is 12.5 Å². The molecule has 0 aromatic rings. The Hall–Kier alpha value is -0.820. The van der Waals surface area contributed by atoms with Gasteiger partial charge in [-0.05, 0) is 14.0 Å². The first-order valence-electron chi connectivity index (χ1n) is 5.35. The number of halogens is 3. The van der Waals surface area contributed by atoms with E-state index in [1.165, 1.54) is 21.0 Å². The molecule has 0 aromatic heterocycles. The fourth-order valence-electron chi connectivity index (χ4n) is 1.82. The Morgan fingerprint density at radius 1 is 1.41 bits per heavy atom. The molecule has 0 saturated carbocycles. The summed E-state index contributed by atoms with van der Waals surface area (Å²) in [7, 11) is 2.77. The van der Waals surface area contributed by atoms with Crippen molar-refractivity contribution in [2.24, 2.45) is 11.7 Å². The van der Waals surface area contributed by atoms with E-state index in [1.807, 2.05) is 0 Å². The van der Waals surface area contributed by atoms with E-state index < -0.39 is 24.2 Å². The zero-order chi connectivity index (χ0) is 13.8.